The molecule has 0 aliphatic heterocycles. The van der Waals surface area contributed by atoms with E-state index in [0.717, 1.165) is 12.0 Å². The summed E-state index contributed by atoms with van der Waals surface area (Å²) in [6, 6.07) is 1.68. The predicted molar refractivity (Wildman–Crippen MR) is 70.4 cm³/mol. The standard InChI is InChI=1S/C12H20N2O3S/c1-3-11-8-12(10-14-9-11)18(15,16)7-6-17-5-4-13-2/h8-10,13H,3-7H2,1-2H3. The summed E-state index contributed by atoms with van der Waals surface area (Å²) >= 11 is 0. The van der Waals surface area contributed by atoms with Gasteiger partial charge in [-0.25, -0.2) is 8.42 Å². The van der Waals surface area contributed by atoms with Gasteiger partial charge in [-0.1, -0.05) is 6.92 Å². The molecule has 0 radical (unpaired) electrons. The van der Waals surface area contributed by atoms with Crippen LogP contribution >= 0.6 is 0 Å². The fourth-order valence-corrected chi connectivity index (χ4v) is 2.52. The molecular formula is C12H20N2O3S. The molecule has 102 valence electrons. The lowest BCUT2D eigenvalue weighted by Crippen LogP contribution is -2.18. The summed E-state index contributed by atoms with van der Waals surface area (Å²) in [5.41, 5.74) is 0.923. The van der Waals surface area contributed by atoms with Crippen LogP contribution in [0.2, 0.25) is 0 Å². The van der Waals surface area contributed by atoms with Gasteiger partial charge in [0.05, 0.1) is 23.9 Å². The fourth-order valence-electron chi connectivity index (χ4n) is 1.39. The summed E-state index contributed by atoms with van der Waals surface area (Å²) in [6.45, 7) is 3.40. The highest BCUT2D eigenvalue weighted by molar-refractivity contribution is 7.91. The lowest BCUT2D eigenvalue weighted by atomic mass is 10.2. The van der Waals surface area contributed by atoms with E-state index in [9.17, 15) is 8.42 Å². The van der Waals surface area contributed by atoms with E-state index in [-0.39, 0.29) is 17.3 Å². The summed E-state index contributed by atoms with van der Waals surface area (Å²) < 4.78 is 29.2. The molecule has 0 bridgehead atoms. The number of nitrogens with zero attached hydrogens (tertiary/aromatic N) is 1. The zero-order chi connectivity index (χ0) is 13.4. The molecular weight excluding hydrogens is 252 g/mol. The Morgan fingerprint density at radius 2 is 2.11 bits per heavy atom. The molecule has 5 nitrogen and oxygen atoms in total. The SMILES string of the molecule is CCc1cncc(S(=O)(=O)CCOCCNC)c1. The van der Waals surface area contributed by atoms with Crippen molar-refractivity contribution >= 4 is 9.84 Å². The lowest BCUT2D eigenvalue weighted by Gasteiger charge is -2.06. The Balaban J connectivity index is 2.57. The summed E-state index contributed by atoms with van der Waals surface area (Å²) in [5, 5.41) is 2.93. The number of sulfone groups is 1. The zero-order valence-corrected chi connectivity index (χ0v) is 11.7. The van der Waals surface area contributed by atoms with Gasteiger partial charge in [0, 0.05) is 18.9 Å². The van der Waals surface area contributed by atoms with E-state index in [1.807, 2.05) is 14.0 Å². The highest BCUT2D eigenvalue weighted by Gasteiger charge is 2.14. The van der Waals surface area contributed by atoms with E-state index in [2.05, 4.69) is 10.3 Å². The average molecular weight is 272 g/mol. The van der Waals surface area contributed by atoms with Crippen LogP contribution in [0.25, 0.3) is 0 Å². The Kier molecular flexibility index (Phi) is 6.24. The maximum Gasteiger partial charge on any atom is 0.182 e. The molecule has 0 aromatic carbocycles. The van der Waals surface area contributed by atoms with Crippen LogP contribution in [-0.2, 0) is 21.0 Å². The van der Waals surface area contributed by atoms with Crippen LogP contribution < -0.4 is 5.32 Å². The second-order valence-corrected chi connectivity index (χ2v) is 6.03. The number of aromatic nitrogens is 1. The molecule has 0 fully saturated rings. The molecule has 18 heavy (non-hydrogen) atoms. The average Bonchev–Trinajstić information content (AvgIpc) is 2.38. The van der Waals surface area contributed by atoms with Crippen LogP contribution in [0.4, 0.5) is 0 Å². The number of pyridine rings is 1. The van der Waals surface area contributed by atoms with Crippen molar-refractivity contribution < 1.29 is 13.2 Å². The van der Waals surface area contributed by atoms with E-state index in [1.165, 1.54) is 6.20 Å². The van der Waals surface area contributed by atoms with E-state index in [0.29, 0.717) is 13.2 Å². The first-order valence-electron chi connectivity index (χ1n) is 5.99. The van der Waals surface area contributed by atoms with E-state index in [1.54, 1.807) is 12.3 Å². The van der Waals surface area contributed by atoms with Crippen molar-refractivity contribution in [2.24, 2.45) is 0 Å². The molecule has 0 aliphatic rings. The Morgan fingerprint density at radius 1 is 1.33 bits per heavy atom. The molecule has 1 aromatic heterocycles. The van der Waals surface area contributed by atoms with Crippen LogP contribution in [0.5, 0.6) is 0 Å². The number of hydrogen-bond donors (Lipinski definition) is 1. The first-order valence-corrected chi connectivity index (χ1v) is 7.64. The van der Waals surface area contributed by atoms with Gasteiger partial charge in [0.25, 0.3) is 0 Å². The van der Waals surface area contributed by atoms with Gasteiger partial charge < -0.3 is 10.1 Å². The highest BCUT2D eigenvalue weighted by Crippen LogP contribution is 2.12. The molecule has 0 unspecified atom stereocenters. The molecule has 1 aromatic rings. The molecule has 6 heteroatoms. The number of ether oxygens (including phenoxy) is 1. The van der Waals surface area contributed by atoms with Gasteiger partial charge in [-0.3, -0.25) is 4.98 Å². The quantitative estimate of drug-likeness (QED) is 0.704. The minimum atomic E-state index is -3.29. The molecule has 0 saturated carbocycles. The monoisotopic (exact) mass is 272 g/mol. The van der Waals surface area contributed by atoms with Crippen LogP contribution in [0.3, 0.4) is 0 Å². The second-order valence-electron chi connectivity index (χ2n) is 3.92. The van der Waals surface area contributed by atoms with Crippen molar-refractivity contribution in [1.82, 2.24) is 10.3 Å². The van der Waals surface area contributed by atoms with Crippen LogP contribution in [-0.4, -0.2) is 46.0 Å². The maximum atomic E-state index is 12.0. The van der Waals surface area contributed by atoms with Crippen molar-refractivity contribution in [1.29, 1.82) is 0 Å². The number of rotatable bonds is 8. The van der Waals surface area contributed by atoms with Crippen molar-refractivity contribution in [3.8, 4) is 0 Å². The highest BCUT2D eigenvalue weighted by atomic mass is 32.2. The summed E-state index contributed by atoms with van der Waals surface area (Å²) in [7, 11) is -1.47. The Bertz CT molecular complexity index is 460. The summed E-state index contributed by atoms with van der Waals surface area (Å²) in [5.74, 6) is -0.00837. The number of nitrogens with one attached hydrogen (secondary N) is 1. The van der Waals surface area contributed by atoms with Gasteiger partial charge in [-0.05, 0) is 25.1 Å². The summed E-state index contributed by atoms with van der Waals surface area (Å²) in [6.07, 6.45) is 3.85. The minimum Gasteiger partial charge on any atom is -0.379 e. The normalized spacial score (nSPS) is 11.7. The van der Waals surface area contributed by atoms with Gasteiger partial charge in [0.15, 0.2) is 9.84 Å². The van der Waals surface area contributed by atoms with Crippen molar-refractivity contribution in [3.63, 3.8) is 0 Å². The number of aryl methyl sites for hydroxylation is 1. The van der Waals surface area contributed by atoms with E-state index >= 15 is 0 Å². The third kappa shape index (κ3) is 4.72. The van der Waals surface area contributed by atoms with Crippen LogP contribution in [0.1, 0.15) is 12.5 Å². The molecule has 0 amide bonds. The minimum absolute atomic E-state index is 0.00837. The van der Waals surface area contributed by atoms with Crippen molar-refractivity contribution in [2.75, 3.05) is 32.6 Å². The van der Waals surface area contributed by atoms with Gasteiger partial charge in [-0.15, -0.1) is 0 Å². The first-order chi connectivity index (χ1) is 8.60. The van der Waals surface area contributed by atoms with Gasteiger partial charge in [0.2, 0.25) is 0 Å². The third-order valence-corrected chi connectivity index (χ3v) is 4.18. The molecule has 0 spiro atoms. The molecule has 1 heterocycles. The van der Waals surface area contributed by atoms with Gasteiger partial charge in [0.1, 0.15) is 0 Å². The third-order valence-electron chi connectivity index (χ3n) is 2.53. The predicted octanol–water partition coefficient (Wildman–Crippen LogP) is 0.654. The Morgan fingerprint density at radius 3 is 2.78 bits per heavy atom. The molecule has 0 atom stereocenters. The molecule has 0 saturated heterocycles. The van der Waals surface area contributed by atoms with E-state index in [4.69, 9.17) is 4.74 Å². The molecule has 0 aliphatic carbocycles. The smallest absolute Gasteiger partial charge is 0.182 e. The van der Waals surface area contributed by atoms with E-state index < -0.39 is 9.84 Å². The zero-order valence-electron chi connectivity index (χ0n) is 10.8. The fraction of sp³-hybridized carbons (Fsp3) is 0.583. The molecule has 1 N–H and O–H groups in total. The van der Waals surface area contributed by atoms with Gasteiger partial charge in [-0.2, -0.15) is 0 Å². The largest absolute Gasteiger partial charge is 0.379 e. The van der Waals surface area contributed by atoms with Gasteiger partial charge >= 0.3 is 0 Å². The second kappa shape index (κ2) is 7.45. The summed E-state index contributed by atoms with van der Waals surface area (Å²) in [4.78, 5) is 4.23. The molecule has 1 rings (SSSR count). The Labute approximate surface area is 108 Å². The van der Waals surface area contributed by atoms with Crippen molar-refractivity contribution in [3.05, 3.63) is 24.0 Å². The van der Waals surface area contributed by atoms with Crippen LogP contribution in [0.15, 0.2) is 23.4 Å². The number of hydrogen-bond acceptors (Lipinski definition) is 5. The topological polar surface area (TPSA) is 68.3 Å². The lowest BCUT2D eigenvalue weighted by molar-refractivity contribution is 0.152. The Hall–Kier alpha value is -0.980. The van der Waals surface area contributed by atoms with Crippen molar-refractivity contribution in [2.45, 2.75) is 18.2 Å². The first kappa shape index (κ1) is 15.1. The van der Waals surface area contributed by atoms with Crippen LogP contribution in [0, 0.1) is 0 Å². The number of likely N-dealkylation sites (N-methyl/N-ethyl adjacent to an activating group) is 1. The maximum absolute atomic E-state index is 12.0.